The van der Waals surface area contributed by atoms with E-state index < -0.39 is 0 Å². The Labute approximate surface area is 73.2 Å². The quantitative estimate of drug-likeness (QED) is 0.631. The lowest BCUT2D eigenvalue weighted by atomic mass is 9.72. The molecule has 0 spiro atoms. The normalized spacial score (nSPS) is 51.3. The van der Waals surface area contributed by atoms with Crippen LogP contribution in [0.4, 0.5) is 0 Å². The standard InChI is InChI=1S/C10H16O2/c1-3-8-5-9-4-7(2)10(8,6-11)12-9/h3,7-9,11H,1,4-6H2,2H3/t7-,8-,9-,10+/m0/s1. The first-order chi connectivity index (χ1) is 5.73. The number of fused-ring (bicyclic) bond motifs is 2. The summed E-state index contributed by atoms with van der Waals surface area (Å²) >= 11 is 0. The molecule has 0 radical (unpaired) electrons. The number of ether oxygens (including phenoxy) is 1. The van der Waals surface area contributed by atoms with Crippen molar-refractivity contribution in [3.05, 3.63) is 12.7 Å². The Bertz CT molecular complexity index is 202. The van der Waals surface area contributed by atoms with E-state index in [-0.39, 0.29) is 12.2 Å². The lowest BCUT2D eigenvalue weighted by Gasteiger charge is -2.34. The van der Waals surface area contributed by atoms with Crippen LogP contribution in [0.3, 0.4) is 0 Å². The van der Waals surface area contributed by atoms with Gasteiger partial charge in [-0.3, -0.25) is 0 Å². The molecule has 0 aromatic heterocycles. The van der Waals surface area contributed by atoms with Gasteiger partial charge in [0.1, 0.15) is 5.60 Å². The summed E-state index contributed by atoms with van der Waals surface area (Å²) in [5.41, 5.74) is -0.285. The van der Waals surface area contributed by atoms with E-state index in [1.807, 2.05) is 6.08 Å². The number of aliphatic hydroxyl groups is 1. The van der Waals surface area contributed by atoms with Gasteiger partial charge in [0.15, 0.2) is 0 Å². The maximum absolute atomic E-state index is 9.34. The topological polar surface area (TPSA) is 29.5 Å². The van der Waals surface area contributed by atoms with Crippen LogP contribution in [0.2, 0.25) is 0 Å². The lowest BCUT2D eigenvalue weighted by Crippen LogP contribution is -2.43. The highest BCUT2D eigenvalue weighted by molar-refractivity contribution is 5.10. The molecule has 0 amide bonds. The summed E-state index contributed by atoms with van der Waals surface area (Å²) < 4.78 is 5.80. The summed E-state index contributed by atoms with van der Waals surface area (Å²) in [4.78, 5) is 0. The molecule has 0 aromatic rings. The molecule has 2 bridgehead atoms. The zero-order chi connectivity index (χ0) is 8.77. The summed E-state index contributed by atoms with van der Waals surface area (Å²) in [5, 5.41) is 9.34. The van der Waals surface area contributed by atoms with Crippen LogP contribution in [0.1, 0.15) is 19.8 Å². The van der Waals surface area contributed by atoms with Crippen LogP contribution in [0.5, 0.6) is 0 Å². The Hall–Kier alpha value is -0.340. The van der Waals surface area contributed by atoms with Crippen molar-refractivity contribution in [2.24, 2.45) is 11.8 Å². The molecule has 2 heteroatoms. The Morgan fingerprint density at radius 2 is 2.42 bits per heavy atom. The third-order valence-electron chi connectivity index (χ3n) is 3.51. The minimum atomic E-state index is -0.285. The fourth-order valence-corrected chi connectivity index (χ4v) is 2.75. The summed E-state index contributed by atoms with van der Waals surface area (Å²) in [6.45, 7) is 6.10. The van der Waals surface area contributed by atoms with Crippen molar-refractivity contribution >= 4 is 0 Å². The second kappa shape index (κ2) is 2.57. The molecule has 2 nitrogen and oxygen atoms in total. The highest BCUT2D eigenvalue weighted by atomic mass is 16.5. The van der Waals surface area contributed by atoms with Crippen molar-refractivity contribution in [1.29, 1.82) is 0 Å². The minimum absolute atomic E-state index is 0.140. The van der Waals surface area contributed by atoms with Crippen LogP contribution in [0, 0.1) is 11.8 Å². The van der Waals surface area contributed by atoms with Gasteiger partial charge in [-0.05, 0) is 18.8 Å². The molecule has 4 atom stereocenters. The third kappa shape index (κ3) is 0.824. The fourth-order valence-electron chi connectivity index (χ4n) is 2.75. The van der Waals surface area contributed by atoms with Crippen LogP contribution in [0.15, 0.2) is 12.7 Å². The minimum Gasteiger partial charge on any atom is -0.393 e. The van der Waals surface area contributed by atoms with Gasteiger partial charge in [0, 0.05) is 5.92 Å². The molecule has 0 aliphatic carbocycles. The van der Waals surface area contributed by atoms with Crippen molar-refractivity contribution in [2.75, 3.05) is 6.61 Å². The van der Waals surface area contributed by atoms with Crippen LogP contribution in [-0.2, 0) is 4.74 Å². The Morgan fingerprint density at radius 1 is 1.67 bits per heavy atom. The Kier molecular flexibility index (Phi) is 1.77. The lowest BCUT2D eigenvalue weighted by molar-refractivity contribution is -0.0602. The van der Waals surface area contributed by atoms with Gasteiger partial charge < -0.3 is 9.84 Å². The summed E-state index contributed by atoms with van der Waals surface area (Å²) in [6, 6.07) is 0. The van der Waals surface area contributed by atoms with E-state index in [2.05, 4.69) is 13.5 Å². The summed E-state index contributed by atoms with van der Waals surface area (Å²) in [7, 11) is 0. The van der Waals surface area contributed by atoms with Crippen LogP contribution >= 0.6 is 0 Å². The molecular weight excluding hydrogens is 152 g/mol. The van der Waals surface area contributed by atoms with Crippen molar-refractivity contribution < 1.29 is 9.84 Å². The number of hydrogen-bond donors (Lipinski definition) is 1. The fraction of sp³-hybridized carbons (Fsp3) is 0.800. The average Bonchev–Trinajstić information content (AvgIpc) is 2.57. The first-order valence-electron chi connectivity index (χ1n) is 4.64. The van der Waals surface area contributed by atoms with Crippen molar-refractivity contribution in [2.45, 2.75) is 31.5 Å². The molecule has 0 unspecified atom stereocenters. The van der Waals surface area contributed by atoms with Crippen LogP contribution < -0.4 is 0 Å². The predicted molar refractivity (Wildman–Crippen MR) is 46.8 cm³/mol. The zero-order valence-electron chi connectivity index (χ0n) is 7.49. The van der Waals surface area contributed by atoms with Crippen molar-refractivity contribution in [3.8, 4) is 0 Å². The van der Waals surface area contributed by atoms with Gasteiger partial charge >= 0.3 is 0 Å². The van der Waals surface area contributed by atoms with Crippen LogP contribution in [-0.4, -0.2) is 23.4 Å². The molecule has 0 saturated carbocycles. The van der Waals surface area contributed by atoms with Crippen molar-refractivity contribution in [1.82, 2.24) is 0 Å². The first-order valence-corrected chi connectivity index (χ1v) is 4.64. The largest absolute Gasteiger partial charge is 0.393 e. The maximum Gasteiger partial charge on any atom is 0.100 e. The SMILES string of the molecule is C=C[C@H]1C[C@@H]2C[C@H](C)[C@@]1(CO)O2. The Morgan fingerprint density at radius 3 is 2.83 bits per heavy atom. The molecule has 2 aliphatic rings. The van der Waals surface area contributed by atoms with E-state index >= 15 is 0 Å². The molecule has 12 heavy (non-hydrogen) atoms. The molecule has 2 saturated heterocycles. The number of hydrogen-bond acceptors (Lipinski definition) is 2. The molecule has 2 aliphatic heterocycles. The highest BCUT2D eigenvalue weighted by Crippen LogP contribution is 2.51. The van der Waals surface area contributed by atoms with Gasteiger partial charge in [0.2, 0.25) is 0 Å². The summed E-state index contributed by atoms with van der Waals surface area (Å²) in [5.74, 6) is 0.834. The molecule has 68 valence electrons. The van der Waals surface area contributed by atoms with Gasteiger partial charge in [-0.25, -0.2) is 0 Å². The molecular formula is C10H16O2. The zero-order valence-corrected chi connectivity index (χ0v) is 7.49. The van der Waals surface area contributed by atoms with Gasteiger partial charge in [-0.1, -0.05) is 13.0 Å². The molecule has 0 aromatic carbocycles. The molecule has 2 rings (SSSR count). The third-order valence-corrected chi connectivity index (χ3v) is 3.51. The van der Waals surface area contributed by atoms with E-state index in [4.69, 9.17) is 4.74 Å². The van der Waals surface area contributed by atoms with E-state index in [0.29, 0.717) is 17.9 Å². The Balaban J connectivity index is 2.28. The first kappa shape index (κ1) is 8.27. The van der Waals surface area contributed by atoms with E-state index in [0.717, 1.165) is 12.8 Å². The summed E-state index contributed by atoms with van der Waals surface area (Å²) in [6.07, 6.45) is 4.46. The average molecular weight is 168 g/mol. The predicted octanol–water partition coefficient (Wildman–Crippen LogP) is 1.35. The van der Waals surface area contributed by atoms with Crippen LogP contribution in [0.25, 0.3) is 0 Å². The van der Waals surface area contributed by atoms with E-state index in [1.54, 1.807) is 0 Å². The van der Waals surface area contributed by atoms with Gasteiger partial charge in [0.25, 0.3) is 0 Å². The molecule has 2 heterocycles. The van der Waals surface area contributed by atoms with Gasteiger partial charge in [-0.15, -0.1) is 6.58 Å². The monoisotopic (exact) mass is 168 g/mol. The smallest absolute Gasteiger partial charge is 0.100 e. The van der Waals surface area contributed by atoms with Gasteiger partial charge in [-0.2, -0.15) is 0 Å². The number of rotatable bonds is 2. The van der Waals surface area contributed by atoms with E-state index in [1.165, 1.54) is 0 Å². The van der Waals surface area contributed by atoms with Gasteiger partial charge in [0.05, 0.1) is 12.7 Å². The van der Waals surface area contributed by atoms with E-state index in [9.17, 15) is 5.11 Å². The maximum atomic E-state index is 9.34. The molecule has 2 fully saturated rings. The molecule has 1 N–H and O–H groups in total. The van der Waals surface area contributed by atoms with Crippen molar-refractivity contribution in [3.63, 3.8) is 0 Å². The second-order valence-corrected chi connectivity index (χ2v) is 4.07. The second-order valence-electron chi connectivity index (χ2n) is 4.07. The number of aliphatic hydroxyl groups excluding tert-OH is 1. The highest BCUT2D eigenvalue weighted by Gasteiger charge is 2.56.